The summed E-state index contributed by atoms with van der Waals surface area (Å²) in [4.78, 5) is 24.5. The standard InChI is InChI=1S/C21H27N3O4/c1-4-23(5-2)15-17-9-7-16(8-10-17)14-22-21(25)18-11-12-20(28-6-3)19(13-18)24(26)27/h7-13H,4-6,14-15H2,1-3H3,(H,22,25)/p+1. The van der Waals surface area contributed by atoms with Crippen LogP contribution in [0.2, 0.25) is 0 Å². The van der Waals surface area contributed by atoms with Crippen molar-refractivity contribution in [3.8, 4) is 5.75 Å². The van der Waals surface area contributed by atoms with Gasteiger partial charge in [0, 0.05) is 23.7 Å². The number of carbonyl (C=O) groups is 1. The average molecular weight is 386 g/mol. The zero-order chi connectivity index (χ0) is 20.5. The molecule has 2 N–H and O–H groups in total. The first kappa shape index (κ1) is 21.4. The van der Waals surface area contributed by atoms with Crippen molar-refractivity contribution < 1.29 is 19.4 Å². The molecule has 7 nitrogen and oxygen atoms in total. The summed E-state index contributed by atoms with van der Waals surface area (Å²) in [7, 11) is 0. The van der Waals surface area contributed by atoms with Crippen LogP contribution < -0.4 is 15.0 Å². The van der Waals surface area contributed by atoms with Crippen LogP contribution in [-0.4, -0.2) is 30.5 Å². The second kappa shape index (κ2) is 10.4. The van der Waals surface area contributed by atoms with Crippen LogP contribution in [0.5, 0.6) is 5.75 Å². The number of carbonyl (C=O) groups excluding carboxylic acids is 1. The van der Waals surface area contributed by atoms with E-state index in [-0.39, 0.29) is 22.9 Å². The van der Waals surface area contributed by atoms with Gasteiger partial charge in [0.1, 0.15) is 6.54 Å². The molecule has 0 heterocycles. The van der Waals surface area contributed by atoms with Gasteiger partial charge < -0.3 is 15.0 Å². The number of quaternary nitrogens is 1. The fourth-order valence-corrected chi connectivity index (χ4v) is 2.93. The van der Waals surface area contributed by atoms with Crippen LogP contribution in [-0.2, 0) is 13.1 Å². The number of hydrogen-bond acceptors (Lipinski definition) is 4. The Balaban J connectivity index is 2.00. The summed E-state index contributed by atoms with van der Waals surface area (Å²) in [6.07, 6.45) is 0. The van der Waals surface area contributed by atoms with Crippen LogP contribution in [0.15, 0.2) is 42.5 Å². The highest BCUT2D eigenvalue weighted by atomic mass is 16.6. The Hall–Kier alpha value is -2.93. The maximum absolute atomic E-state index is 12.4. The SMILES string of the molecule is CCOc1ccc(C(=O)NCc2ccc(C[NH+](CC)CC)cc2)cc1[N+](=O)[O-]. The van der Waals surface area contributed by atoms with Crippen LogP contribution in [0.3, 0.4) is 0 Å². The number of benzene rings is 2. The molecule has 1 amide bonds. The van der Waals surface area contributed by atoms with E-state index < -0.39 is 4.92 Å². The third-order valence-corrected chi connectivity index (χ3v) is 4.65. The first-order valence-corrected chi connectivity index (χ1v) is 9.59. The Morgan fingerprint density at radius 2 is 1.71 bits per heavy atom. The normalized spacial score (nSPS) is 10.7. The molecule has 0 saturated heterocycles. The van der Waals surface area contributed by atoms with Gasteiger partial charge >= 0.3 is 5.69 Å². The number of rotatable bonds is 10. The summed E-state index contributed by atoms with van der Waals surface area (Å²) in [5.74, 6) is -0.196. The van der Waals surface area contributed by atoms with Gasteiger partial charge in [0.2, 0.25) is 0 Å². The van der Waals surface area contributed by atoms with Crippen LogP contribution in [0, 0.1) is 10.1 Å². The molecule has 0 aliphatic carbocycles. The lowest BCUT2D eigenvalue weighted by molar-refractivity contribution is -0.910. The highest BCUT2D eigenvalue weighted by molar-refractivity contribution is 5.95. The van der Waals surface area contributed by atoms with Gasteiger partial charge in [-0.05, 0) is 38.5 Å². The minimum absolute atomic E-state index is 0.162. The van der Waals surface area contributed by atoms with Crippen LogP contribution in [0.4, 0.5) is 5.69 Å². The summed E-state index contributed by atoms with van der Waals surface area (Å²) in [6.45, 7) is 9.93. The molecule has 2 rings (SSSR count). The van der Waals surface area contributed by atoms with E-state index in [0.29, 0.717) is 13.2 Å². The molecule has 0 aliphatic rings. The number of nitro benzene ring substituents is 1. The molecule has 150 valence electrons. The van der Waals surface area contributed by atoms with Crippen molar-refractivity contribution in [3.05, 3.63) is 69.3 Å². The molecule has 2 aromatic rings. The molecule has 0 atom stereocenters. The Labute approximate surface area is 165 Å². The third-order valence-electron chi connectivity index (χ3n) is 4.65. The lowest BCUT2D eigenvalue weighted by Crippen LogP contribution is -3.10. The third kappa shape index (κ3) is 5.79. The summed E-state index contributed by atoms with van der Waals surface area (Å²) in [5.41, 5.74) is 2.26. The fraction of sp³-hybridized carbons (Fsp3) is 0.381. The van der Waals surface area contributed by atoms with E-state index in [2.05, 4.69) is 31.3 Å². The summed E-state index contributed by atoms with van der Waals surface area (Å²) >= 11 is 0. The Morgan fingerprint density at radius 1 is 1.07 bits per heavy atom. The monoisotopic (exact) mass is 386 g/mol. The van der Waals surface area contributed by atoms with E-state index in [4.69, 9.17) is 4.74 Å². The molecule has 0 fully saturated rings. The highest BCUT2D eigenvalue weighted by Gasteiger charge is 2.18. The summed E-state index contributed by atoms with van der Waals surface area (Å²) in [6, 6.07) is 12.4. The smallest absolute Gasteiger partial charge is 0.311 e. The van der Waals surface area contributed by atoms with E-state index in [1.807, 2.05) is 12.1 Å². The quantitative estimate of drug-likeness (QED) is 0.485. The molecule has 0 aliphatic heterocycles. The van der Waals surface area contributed by atoms with Gasteiger partial charge in [-0.3, -0.25) is 14.9 Å². The number of nitrogens with one attached hydrogen (secondary N) is 2. The maximum Gasteiger partial charge on any atom is 0.311 e. The molecule has 28 heavy (non-hydrogen) atoms. The van der Waals surface area contributed by atoms with E-state index in [0.717, 1.165) is 25.2 Å². The number of hydrogen-bond donors (Lipinski definition) is 2. The Morgan fingerprint density at radius 3 is 2.29 bits per heavy atom. The first-order valence-electron chi connectivity index (χ1n) is 9.59. The summed E-state index contributed by atoms with van der Waals surface area (Å²) < 4.78 is 5.24. The largest absolute Gasteiger partial charge is 0.487 e. The first-order chi connectivity index (χ1) is 13.5. The zero-order valence-corrected chi connectivity index (χ0v) is 16.7. The van der Waals surface area contributed by atoms with Crippen molar-refractivity contribution in [2.75, 3.05) is 19.7 Å². The molecular formula is C21H28N3O4+. The second-order valence-corrected chi connectivity index (χ2v) is 6.51. The molecule has 7 heteroatoms. The lowest BCUT2D eigenvalue weighted by atomic mass is 10.1. The van der Waals surface area contributed by atoms with Gasteiger partial charge in [0.15, 0.2) is 5.75 Å². The summed E-state index contributed by atoms with van der Waals surface area (Å²) in [5, 5.41) is 14.0. The molecular weight excluding hydrogens is 358 g/mol. The van der Waals surface area contributed by atoms with E-state index >= 15 is 0 Å². The topological polar surface area (TPSA) is 85.9 Å². The fourth-order valence-electron chi connectivity index (χ4n) is 2.93. The van der Waals surface area contributed by atoms with Gasteiger partial charge in [-0.25, -0.2) is 0 Å². The van der Waals surface area contributed by atoms with Gasteiger partial charge in [-0.1, -0.05) is 24.3 Å². The van der Waals surface area contributed by atoms with Gasteiger partial charge in [0.05, 0.1) is 24.6 Å². The number of amides is 1. The average Bonchev–Trinajstić information content (AvgIpc) is 2.71. The second-order valence-electron chi connectivity index (χ2n) is 6.51. The van der Waals surface area contributed by atoms with Gasteiger partial charge in [0.25, 0.3) is 5.91 Å². The van der Waals surface area contributed by atoms with E-state index in [1.54, 1.807) is 6.92 Å². The molecule has 0 spiro atoms. The van der Waals surface area contributed by atoms with Crippen molar-refractivity contribution in [1.29, 1.82) is 0 Å². The number of ether oxygens (including phenoxy) is 1. The van der Waals surface area contributed by atoms with Crippen molar-refractivity contribution >= 4 is 11.6 Å². The van der Waals surface area contributed by atoms with Crippen LogP contribution >= 0.6 is 0 Å². The van der Waals surface area contributed by atoms with E-state index in [1.165, 1.54) is 28.7 Å². The predicted octanol–water partition coefficient (Wildman–Crippen LogP) is 2.35. The van der Waals surface area contributed by atoms with Crippen molar-refractivity contribution in [2.45, 2.75) is 33.9 Å². The highest BCUT2D eigenvalue weighted by Crippen LogP contribution is 2.27. The number of nitro groups is 1. The lowest BCUT2D eigenvalue weighted by Gasteiger charge is -2.15. The van der Waals surface area contributed by atoms with E-state index in [9.17, 15) is 14.9 Å². The van der Waals surface area contributed by atoms with Crippen molar-refractivity contribution in [3.63, 3.8) is 0 Å². The Kier molecular flexibility index (Phi) is 7.95. The minimum atomic E-state index is -0.543. The van der Waals surface area contributed by atoms with Crippen LogP contribution in [0.25, 0.3) is 0 Å². The maximum atomic E-state index is 12.4. The predicted molar refractivity (Wildman–Crippen MR) is 108 cm³/mol. The molecule has 2 aromatic carbocycles. The van der Waals surface area contributed by atoms with Crippen molar-refractivity contribution in [1.82, 2.24) is 5.32 Å². The zero-order valence-electron chi connectivity index (χ0n) is 16.7. The molecule has 0 radical (unpaired) electrons. The van der Waals surface area contributed by atoms with Gasteiger partial charge in [-0.15, -0.1) is 0 Å². The molecule has 0 saturated carbocycles. The minimum Gasteiger partial charge on any atom is -0.487 e. The molecule has 0 unspecified atom stereocenters. The molecule has 0 bridgehead atoms. The Bertz CT molecular complexity index is 802. The number of nitrogens with zero attached hydrogens (tertiary/aromatic N) is 1. The van der Waals surface area contributed by atoms with Gasteiger partial charge in [-0.2, -0.15) is 0 Å². The van der Waals surface area contributed by atoms with Crippen LogP contribution in [0.1, 0.15) is 42.3 Å². The van der Waals surface area contributed by atoms with Crippen molar-refractivity contribution in [2.24, 2.45) is 0 Å². The molecule has 0 aromatic heterocycles.